The zero-order chi connectivity index (χ0) is 16.9. The fraction of sp³-hybridized carbons (Fsp3) is 0.789. The van der Waals surface area contributed by atoms with Crippen LogP contribution < -0.4 is 5.32 Å². The lowest BCUT2D eigenvalue weighted by Gasteiger charge is -2.36. The molecule has 134 valence electrons. The second-order valence-electron chi connectivity index (χ2n) is 7.66. The number of aromatic amines is 1. The molecule has 1 aromatic rings. The SMILES string of the molecule is Cc1n[nH]c(C)c1CCC(=O)NC[C@H]1CCCN(C2CCCC2)C1. The molecule has 24 heavy (non-hydrogen) atoms. The first-order valence-electron chi connectivity index (χ1n) is 9.64. The largest absolute Gasteiger partial charge is 0.356 e. The lowest BCUT2D eigenvalue weighted by atomic mass is 9.96. The van der Waals surface area contributed by atoms with Gasteiger partial charge in [-0.25, -0.2) is 0 Å². The Bertz CT molecular complexity index is 528. The van der Waals surface area contributed by atoms with E-state index in [9.17, 15) is 4.79 Å². The molecule has 3 rings (SSSR count). The Kier molecular flexibility index (Phi) is 5.93. The molecule has 5 nitrogen and oxygen atoms in total. The van der Waals surface area contributed by atoms with Gasteiger partial charge < -0.3 is 10.2 Å². The Morgan fingerprint density at radius 2 is 2.04 bits per heavy atom. The monoisotopic (exact) mass is 332 g/mol. The summed E-state index contributed by atoms with van der Waals surface area (Å²) in [4.78, 5) is 14.9. The number of aryl methyl sites for hydroxylation is 2. The number of amides is 1. The molecule has 0 bridgehead atoms. The lowest BCUT2D eigenvalue weighted by molar-refractivity contribution is -0.121. The number of H-pyrrole nitrogens is 1. The van der Waals surface area contributed by atoms with Gasteiger partial charge in [0.15, 0.2) is 0 Å². The fourth-order valence-electron chi connectivity index (χ4n) is 4.39. The molecular weight excluding hydrogens is 300 g/mol. The summed E-state index contributed by atoms with van der Waals surface area (Å²) >= 11 is 0. The molecule has 0 radical (unpaired) electrons. The Balaban J connectivity index is 1.39. The van der Waals surface area contributed by atoms with Crippen LogP contribution in [0, 0.1) is 19.8 Å². The summed E-state index contributed by atoms with van der Waals surface area (Å²) in [6, 6.07) is 0.815. The average molecular weight is 332 g/mol. The van der Waals surface area contributed by atoms with Gasteiger partial charge in [0.1, 0.15) is 0 Å². The van der Waals surface area contributed by atoms with E-state index in [1.165, 1.54) is 57.2 Å². The first-order valence-corrected chi connectivity index (χ1v) is 9.64. The molecule has 1 saturated carbocycles. The summed E-state index contributed by atoms with van der Waals surface area (Å²) in [5, 5.41) is 10.4. The number of nitrogens with one attached hydrogen (secondary N) is 2. The van der Waals surface area contributed by atoms with Crippen molar-refractivity contribution in [2.45, 2.75) is 71.3 Å². The number of nitrogens with zero attached hydrogens (tertiary/aromatic N) is 2. The van der Waals surface area contributed by atoms with Crippen LogP contribution >= 0.6 is 0 Å². The van der Waals surface area contributed by atoms with Crippen LogP contribution in [-0.4, -0.2) is 46.7 Å². The minimum absolute atomic E-state index is 0.174. The standard InChI is InChI=1S/C19H32N4O/c1-14-18(15(2)22-21-14)9-10-19(24)20-12-16-6-5-11-23(13-16)17-7-3-4-8-17/h16-17H,3-13H2,1-2H3,(H,20,24)(H,21,22)/t16-/m1/s1. The van der Waals surface area contributed by atoms with Crippen LogP contribution in [0.25, 0.3) is 0 Å². The molecule has 5 heteroatoms. The van der Waals surface area contributed by atoms with Crippen LogP contribution in [0.15, 0.2) is 0 Å². The van der Waals surface area contributed by atoms with Crippen molar-refractivity contribution < 1.29 is 4.79 Å². The van der Waals surface area contributed by atoms with E-state index in [1.54, 1.807) is 0 Å². The van der Waals surface area contributed by atoms with E-state index in [4.69, 9.17) is 0 Å². The highest BCUT2D eigenvalue weighted by molar-refractivity contribution is 5.76. The number of hydrogen-bond acceptors (Lipinski definition) is 3. The summed E-state index contributed by atoms with van der Waals surface area (Å²) in [6.07, 6.45) is 9.42. The average Bonchev–Trinajstić information content (AvgIpc) is 3.22. The van der Waals surface area contributed by atoms with Crippen molar-refractivity contribution in [3.8, 4) is 0 Å². The van der Waals surface area contributed by atoms with Crippen molar-refractivity contribution >= 4 is 5.91 Å². The quantitative estimate of drug-likeness (QED) is 0.842. The second kappa shape index (κ2) is 8.15. The highest BCUT2D eigenvalue weighted by Crippen LogP contribution is 2.27. The third-order valence-electron chi connectivity index (χ3n) is 5.86. The van der Waals surface area contributed by atoms with Crippen LogP contribution in [0.3, 0.4) is 0 Å². The molecule has 1 aliphatic carbocycles. The molecule has 1 aromatic heterocycles. The van der Waals surface area contributed by atoms with Gasteiger partial charge in [0.05, 0.1) is 5.69 Å². The second-order valence-corrected chi connectivity index (χ2v) is 7.66. The molecule has 0 unspecified atom stereocenters. The smallest absolute Gasteiger partial charge is 0.220 e. The number of carbonyl (C=O) groups excluding carboxylic acids is 1. The number of piperidine rings is 1. The van der Waals surface area contributed by atoms with E-state index in [1.807, 2.05) is 13.8 Å². The third kappa shape index (κ3) is 4.38. The van der Waals surface area contributed by atoms with Crippen LogP contribution in [0.5, 0.6) is 0 Å². The Morgan fingerprint density at radius 1 is 1.25 bits per heavy atom. The number of likely N-dealkylation sites (tertiary alicyclic amines) is 1. The summed E-state index contributed by atoms with van der Waals surface area (Å²) in [6.45, 7) is 7.29. The highest BCUT2D eigenvalue weighted by atomic mass is 16.1. The van der Waals surface area contributed by atoms with Gasteiger partial charge in [-0.15, -0.1) is 0 Å². The van der Waals surface area contributed by atoms with Gasteiger partial charge in [0.25, 0.3) is 0 Å². The maximum absolute atomic E-state index is 12.2. The van der Waals surface area contributed by atoms with Gasteiger partial charge >= 0.3 is 0 Å². The molecular formula is C19H32N4O. The summed E-state index contributed by atoms with van der Waals surface area (Å²) in [5.74, 6) is 0.800. The summed E-state index contributed by atoms with van der Waals surface area (Å²) in [7, 11) is 0. The third-order valence-corrected chi connectivity index (χ3v) is 5.86. The topological polar surface area (TPSA) is 61.0 Å². The van der Waals surface area contributed by atoms with E-state index in [0.29, 0.717) is 12.3 Å². The minimum atomic E-state index is 0.174. The zero-order valence-corrected chi connectivity index (χ0v) is 15.2. The first-order chi connectivity index (χ1) is 11.6. The minimum Gasteiger partial charge on any atom is -0.356 e. The Morgan fingerprint density at radius 3 is 2.75 bits per heavy atom. The zero-order valence-electron chi connectivity index (χ0n) is 15.2. The van der Waals surface area contributed by atoms with Gasteiger partial charge in [-0.3, -0.25) is 9.89 Å². The van der Waals surface area contributed by atoms with Gasteiger partial charge in [0.2, 0.25) is 5.91 Å². The fourth-order valence-corrected chi connectivity index (χ4v) is 4.39. The van der Waals surface area contributed by atoms with E-state index in [0.717, 1.165) is 30.4 Å². The van der Waals surface area contributed by atoms with Gasteiger partial charge in [0, 0.05) is 31.2 Å². The molecule has 2 N–H and O–H groups in total. The van der Waals surface area contributed by atoms with E-state index >= 15 is 0 Å². The molecule has 0 aromatic carbocycles. The molecule has 1 amide bonds. The molecule has 1 aliphatic heterocycles. The van der Waals surface area contributed by atoms with Crippen molar-refractivity contribution in [1.29, 1.82) is 0 Å². The van der Waals surface area contributed by atoms with Crippen molar-refractivity contribution in [2.24, 2.45) is 5.92 Å². The van der Waals surface area contributed by atoms with Crippen LogP contribution in [-0.2, 0) is 11.2 Å². The summed E-state index contributed by atoms with van der Waals surface area (Å²) in [5.41, 5.74) is 3.29. The van der Waals surface area contributed by atoms with Crippen LogP contribution in [0.1, 0.15) is 61.9 Å². The maximum Gasteiger partial charge on any atom is 0.220 e. The van der Waals surface area contributed by atoms with Gasteiger partial charge in [-0.1, -0.05) is 12.8 Å². The van der Waals surface area contributed by atoms with Crippen LogP contribution in [0.4, 0.5) is 0 Å². The first kappa shape index (κ1) is 17.5. The Labute approximate surface area is 145 Å². The van der Waals surface area contributed by atoms with Crippen LogP contribution in [0.2, 0.25) is 0 Å². The van der Waals surface area contributed by atoms with E-state index in [-0.39, 0.29) is 5.91 Å². The van der Waals surface area contributed by atoms with Crippen molar-refractivity contribution in [1.82, 2.24) is 20.4 Å². The lowest BCUT2D eigenvalue weighted by Crippen LogP contribution is -2.44. The van der Waals surface area contributed by atoms with Gasteiger partial charge in [-0.05, 0) is 64.0 Å². The maximum atomic E-state index is 12.2. The number of hydrogen-bond donors (Lipinski definition) is 2. The van der Waals surface area contributed by atoms with E-state index in [2.05, 4.69) is 20.4 Å². The van der Waals surface area contributed by atoms with Crippen molar-refractivity contribution in [2.75, 3.05) is 19.6 Å². The van der Waals surface area contributed by atoms with Gasteiger partial charge in [-0.2, -0.15) is 5.10 Å². The molecule has 2 aliphatic rings. The van der Waals surface area contributed by atoms with E-state index < -0.39 is 0 Å². The molecule has 2 heterocycles. The predicted octanol–water partition coefficient (Wildman–Crippen LogP) is 2.73. The highest BCUT2D eigenvalue weighted by Gasteiger charge is 2.27. The number of aromatic nitrogens is 2. The molecule has 0 spiro atoms. The predicted molar refractivity (Wildman–Crippen MR) is 95.9 cm³/mol. The Hall–Kier alpha value is -1.36. The van der Waals surface area contributed by atoms with Crippen molar-refractivity contribution in [3.63, 3.8) is 0 Å². The molecule has 2 fully saturated rings. The van der Waals surface area contributed by atoms with Crippen molar-refractivity contribution in [3.05, 3.63) is 17.0 Å². The number of rotatable bonds is 6. The molecule has 1 saturated heterocycles. The summed E-state index contributed by atoms with van der Waals surface area (Å²) < 4.78 is 0. The number of carbonyl (C=O) groups is 1. The molecule has 1 atom stereocenters. The normalized spacial score (nSPS) is 22.8.